The van der Waals surface area contributed by atoms with Crippen molar-refractivity contribution in [3.05, 3.63) is 29.3 Å². The fraction of sp³-hybridized carbons (Fsp3) is 0.550. The molecule has 2 amide bonds. The highest BCUT2D eigenvalue weighted by Crippen LogP contribution is 2.52. The summed E-state index contributed by atoms with van der Waals surface area (Å²) in [5.74, 6) is -2.37. The van der Waals surface area contributed by atoms with Gasteiger partial charge in [-0.05, 0) is 75.1 Å². The van der Waals surface area contributed by atoms with Crippen LogP contribution in [0.5, 0.6) is 5.75 Å². The lowest BCUT2D eigenvalue weighted by molar-refractivity contribution is -0.150. The molecule has 2 saturated carbocycles. The molecule has 5 unspecified atom stereocenters. The van der Waals surface area contributed by atoms with Crippen LogP contribution >= 0.6 is 0 Å². The van der Waals surface area contributed by atoms with Crippen LogP contribution in [0.15, 0.2) is 18.2 Å². The number of carboxylic acid groups (broad SMARTS) is 1. The highest BCUT2D eigenvalue weighted by Gasteiger charge is 2.54. The molecule has 5 atom stereocenters. The molecule has 27 heavy (non-hydrogen) atoms. The summed E-state index contributed by atoms with van der Waals surface area (Å²) >= 11 is 0. The number of carboxylic acids is 1. The number of aryl methyl sites for hydroxylation is 2. The number of rotatable bonds is 5. The van der Waals surface area contributed by atoms with Gasteiger partial charge in [0.1, 0.15) is 5.75 Å². The van der Waals surface area contributed by atoms with Gasteiger partial charge in [0.25, 0.3) is 5.91 Å². The molecule has 7 nitrogen and oxygen atoms in total. The number of fused-ring (bicyclic) bond motifs is 2. The first-order valence-electron chi connectivity index (χ1n) is 9.33. The molecule has 0 saturated heterocycles. The molecular formula is C20H26N2O5. The third kappa shape index (κ3) is 4.07. The van der Waals surface area contributed by atoms with Gasteiger partial charge in [-0.1, -0.05) is 6.07 Å². The summed E-state index contributed by atoms with van der Waals surface area (Å²) in [5.41, 5.74) is 6.83. The zero-order valence-corrected chi connectivity index (χ0v) is 15.8. The molecule has 0 aliphatic heterocycles. The molecule has 0 radical (unpaired) electrons. The summed E-state index contributed by atoms with van der Waals surface area (Å²) in [5, 5.41) is 9.44. The summed E-state index contributed by atoms with van der Waals surface area (Å²) in [4.78, 5) is 36.3. The minimum atomic E-state index is -0.930. The van der Waals surface area contributed by atoms with E-state index in [2.05, 4.69) is 10.9 Å². The minimum Gasteiger partial charge on any atom is -0.481 e. The summed E-state index contributed by atoms with van der Waals surface area (Å²) in [6, 6.07) is 5.68. The zero-order chi connectivity index (χ0) is 19.7. The number of nitrogens with one attached hydrogen (secondary N) is 2. The van der Waals surface area contributed by atoms with E-state index < -0.39 is 35.7 Å². The fourth-order valence-corrected chi connectivity index (χ4v) is 4.59. The molecule has 3 rings (SSSR count). The SMILES string of the molecule is Cc1cc(C)cc(OC(C)C(=O)NNC(=O)C2C3CCC(C3)C2C(=O)O)c1. The molecule has 2 aliphatic carbocycles. The van der Waals surface area contributed by atoms with Gasteiger partial charge >= 0.3 is 5.97 Å². The Morgan fingerprint density at radius 2 is 1.63 bits per heavy atom. The van der Waals surface area contributed by atoms with Crippen LogP contribution in [0.3, 0.4) is 0 Å². The topological polar surface area (TPSA) is 105 Å². The molecule has 1 aromatic carbocycles. The maximum Gasteiger partial charge on any atom is 0.307 e. The number of hydrazine groups is 1. The van der Waals surface area contributed by atoms with E-state index in [0.29, 0.717) is 5.75 Å². The lowest BCUT2D eigenvalue weighted by atomic mass is 9.79. The molecule has 146 valence electrons. The van der Waals surface area contributed by atoms with Gasteiger partial charge in [0.2, 0.25) is 5.91 Å². The van der Waals surface area contributed by atoms with Gasteiger partial charge in [-0.15, -0.1) is 0 Å². The standard InChI is InChI=1S/C20H26N2O5/c1-10-6-11(2)8-15(7-10)27-12(3)18(23)21-22-19(24)16-13-4-5-14(9-13)17(16)20(25)26/h6-8,12-14,16-17H,4-5,9H2,1-3H3,(H,21,23)(H,22,24)(H,25,26). The Bertz CT molecular complexity index is 742. The van der Waals surface area contributed by atoms with Crippen molar-refractivity contribution in [2.24, 2.45) is 23.7 Å². The van der Waals surface area contributed by atoms with Gasteiger partial charge in [0, 0.05) is 0 Å². The maximum atomic E-state index is 12.5. The van der Waals surface area contributed by atoms with Crippen molar-refractivity contribution in [1.29, 1.82) is 0 Å². The Balaban J connectivity index is 1.55. The van der Waals surface area contributed by atoms with Crippen molar-refractivity contribution in [2.45, 2.75) is 46.1 Å². The predicted octanol–water partition coefficient (Wildman–Crippen LogP) is 1.97. The second-order valence-corrected chi connectivity index (χ2v) is 7.79. The summed E-state index contributed by atoms with van der Waals surface area (Å²) in [6.07, 6.45) is 1.70. The largest absolute Gasteiger partial charge is 0.481 e. The molecule has 1 aromatic rings. The number of amides is 2. The van der Waals surface area contributed by atoms with E-state index in [9.17, 15) is 19.5 Å². The molecule has 0 heterocycles. The lowest BCUT2D eigenvalue weighted by Crippen LogP contribution is -2.51. The van der Waals surface area contributed by atoms with Crippen molar-refractivity contribution < 1.29 is 24.2 Å². The van der Waals surface area contributed by atoms with Gasteiger partial charge in [0.05, 0.1) is 11.8 Å². The monoisotopic (exact) mass is 374 g/mol. The molecule has 3 N–H and O–H groups in total. The van der Waals surface area contributed by atoms with Gasteiger partial charge in [-0.2, -0.15) is 0 Å². The Morgan fingerprint density at radius 1 is 1.04 bits per heavy atom. The van der Waals surface area contributed by atoms with Gasteiger partial charge in [-0.25, -0.2) is 0 Å². The number of hydrogen-bond donors (Lipinski definition) is 3. The lowest BCUT2D eigenvalue weighted by Gasteiger charge is -2.27. The second-order valence-electron chi connectivity index (χ2n) is 7.79. The van der Waals surface area contributed by atoms with E-state index in [1.54, 1.807) is 6.92 Å². The van der Waals surface area contributed by atoms with Crippen LogP contribution in [0.2, 0.25) is 0 Å². The first kappa shape index (κ1) is 19.2. The maximum absolute atomic E-state index is 12.5. The summed E-state index contributed by atoms with van der Waals surface area (Å²) in [7, 11) is 0. The van der Waals surface area contributed by atoms with Gasteiger partial charge in [0.15, 0.2) is 6.10 Å². The number of carbonyl (C=O) groups is 3. The smallest absolute Gasteiger partial charge is 0.307 e. The quantitative estimate of drug-likeness (QED) is 0.684. The van der Waals surface area contributed by atoms with Crippen molar-refractivity contribution >= 4 is 17.8 Å². The van der Waals surface area contributed by atoms with E-state index in [1.807, 2.05) is 32.0 Å². The Labute approximate surface area is 158 Å². The van der Waals surface area contributed by atoms with Crippen LogP contribution in [0.1, 0.15) is 37.3 Å². The fourth-order valence-electron chi connectivity index (χ4n) is 4.59. The van der Waals surface area contributed by atoms with Gasteiger partial charge in [-0.3, -0.25) is 25.2 Å². The predicted molar refractivity (Wildman–Crippen MR) is 97.7 cm³/mol. The molecular weight excluding hydrogens is 348 g/mol. The minimum absolute atomic E-state index is 0.0609. The van der Waals surface area contributed by atoms with Crippen LogP contribution in [-0.2, 0) is 14.4 Å². The van der Waals surface area contributed by atoms with Crippen molar-refractivity contribution in [1.82, 2.24) is 10.9 Å². The third-order valence-electron chi connectivity index (χ3n) is 5.69. The summed E-state index contributed by atoms with van der Waals surface area (Å²) < 4.78 is 5.65. The van der Waals surface area contributed by atoms with Crippen LogP contribution in [-0.4, -0.2) is 29.0 Å². The van der Waals surface area contributed by atoms with E-state index in [-0.39, 0.29) is 11.8 Å². The van der Waals surface area contributed by atoms with E-state index in [0.717, 1.165) is 30.4 Å². The van der Waals surface area contributed by atoms with Crippen LogP contribution in [0.4, 0.5) is 0 Å². The van der Waals surface area contributed by atoms with Gasteiger partial charge < -0.3 is 9.84 Å². The molecule has 0 aromatic heterocycles. The highest BCUT2D eigenvalue weighted by atomic mass is 16.5. The van der Waals surface area contributed by atoms with E-state index in [4.69, 9.17) is 4.74 Å². The molecule has 7 heteroatoms. The van der Waals surface area contributed by atoms with E-state index >= 15 is 0 Å². The number of benzene rings is 1. The normalized spacial score (nSPS) is 27.1. The Kier molecular flexibility index (Phi) is 5.39. The Morgan fingerprint density at radius 3 is 2.22 bits per heavy atom. The Hall–Kier alpha value is -2.57. The van der Waals surface area contributed by atoms with Crippen molar-refractivity contribution in [3.63, 3.8) is 0 Å². The van der Waals surface area contributed by atoms with Crippen LogP contribution in [0, 0.1) is 37.5 Å². The number of carbonyl (C=O) groups excluding carboxylic acids is 2. The second kappa shape index (κ2) is 7.58. The third-order valence-corrected chi connectivity index (χ3v) is 5.69. The molecule has 2 aliphatic rings. The zero-order valence-electron chi connectivity index (χ0n) is 15.8. The van der Waals surface area contributed by atoms with Crippen LogP contribution in [0.25, 0.3) is 0 Å². The first-order chi connectivity index (χ1) is 12.8. The number of ether oxygens (including phenoxy) is 1. The summed E-state index contributed by atoms with van der Waals surface area (Å²) in [6.45, 7) is 5.48. The molecule has 2 bridgehead atoms. The molecule has 2 fully saturated rings. The van der Waals surface area contributed by atoms with E-state index in [1.165, 1.54) is 0 Å². The van der Waals surface area contributed by atoms with Crippen molar-refractivity contribution in [3.8, 4) is 5.75 Å². The average Bonchev–Trinajstić information content (AvgIpc) is 3.19. The highest BCUT2D eigenvalue weighted by molar-refractivity contribution is 5.89. The first-order valence-corrected chi connectivity index (χ1v) is 9.33. The number of aliphatic carboxylic acids is 1. The molecule has 0 spiro atoms. The van der Waals surface area contributed by atoms with Crippen LogP contribution < -0.4 is 15.6 Å². The number of hydrogen-bond acceptors (Lipinski definition) is 4. The average molecular weight is 374 g/mol. The van der Waals surface area contributed by atoms with Crippen molar-refractivity contribution in [2.75, 3.05) is 0 Å².